The van der Waals surface area contributed by atoms with Gasteiger partial charge in [0.2, 0.25) is 53.4 Å². The molecule has 48 heteroatoms. The number of benzene rings is 6. The van der Waals surface area contributed by atoms with Crippen LogP contribution < -0.4 is 72.5 Å². The molecule has 7 amide bonds. The summed E-state index contributed by atoms with van der Waals surface area (Å²) in [5.74, 6) is -17.3. The molecule has 18 unspecified atom stereocenters. The summed E-state index contributed by atoms with van der Waals surface area (Å²) in [5, 5.41) is 141. The minimum Gasteiger partial charge on any atom is -0.507 e. The van der Waals surface area contributed by atoms with Crippen molar-refractivity contribution < 1.29 is 161 Å². The number of hydrogen-bond donors (Lipinski definition) is 24. The molecule has 25 N–H and O–H groups in total. The van der Waals surface area contributed by atoms with Gasteiger partial charge in [0.25, 0.3) is 0 Å². The number of carbonyl (C=O) groups excluding carboxylic acids is 9. The van der Waals surface area contributed by atoms with Crippen LogP contribution in [0.3, 0.4) is 0 Å². The van der Waals surface area contributed by atoms with Crippen LogP contribution in [0.15, 0.2) is 97.1 Å². The molecule has 2 saturated heterocycles. The number of phenols is 3. The molecule has 7 heterocycles. The van der Waals surface area contributed by atoms with Crippen LogP contribution in [-0.4, -0.2) is 272 Å². The highest BCUT2D eigenvalue weighted by Gasteiger charge is 2.54. The predicted molar refractivity (Wildman–Crippen MR) is 508 cm³/mol. The maximum atomic E-state index is 16.5. The second-order valence-corrected chi connectivity index (χ2v) is 41.0. The minimum absolute atomic E-state index is 0.0445. The van der Waals surface area contributed by atoms with Crippen LogP contribution >= 0.6 is 38.4 Å². The van der Waals surface area contributed by atoms with Crippen LogP contribution in [0.1, 0.15) is 199 Å². The first-order valence-electron chi connectivity index (χ1n) is 46.4. The second kappa shape index (κ2) is 49.8. The van der Waals surface area contributed by atoms with E-state index in [9.17, 15) is 104 Å². The molecule has 0 spiro atoms. The number of amides is 7. The van der Waals surface area contributed by atoms with Crippen molar-refractivity contribution in [1.29, 1.82) is 0 Å². The number of aliphatic hydroxyl groups excluding tert-OH is 6. The van der Waals surface area contributed by atoms with Crippen LogP contribution in [0.2, 0.25) is 10.0 Å². The van der Waals surface area contributed by atoms with E-state index in [1.807, 2.05) is 4.90 Å². The van der Waals surface area contributed by atoms with E-state index in [0.29, 0.717) is 19.4 Å². The average molecular weight is 2070 g/mol. The number of fused-ring (bicyclic) bond motifs is 15. The van der Waals surface area contributed by atoms with Crippen LogP contribution in [0, 0.1) is 5.92 Å². The number of likely N-dealkylation sites (N-methyl/N-ethyl adjacent to an activating group) is 1. The summed E-state index contributed by atoms with van der Waals surface area (Å²) in [6.45, 7) is 7.84. The quantitative estimate of drug-likeness (QED) is 0.0108. The molecule has 7 aliphatic heterocycles. The van der Waals surface area contributed by atoms with Crippen molar-refractivity contribution >= 4 is 97.8 Å². The number of primary amides is 1. The highest BCUT2D eigenvalue weighted by Crippen LogP contribution is 2.62. The number of aliphatic carboxylic acids is 1. The molecule has 7 aliphatic rings. The fourth-order valence-corrected chi connectivity index (χ4v) is 20.8. The molecule has 142 heavy (non-hydrogen) atoms. The molecule has 0 saturated carbocycles. The van der Waals surface area contributed by atoms with Gasteiger partial charge in [-0.2, -0.15) is 0 Å². The van der Waals surface area contributed by atoms with Crippen molar-refractivity contribution in [2.75, 3.05) is 53.0 Å². The third-order valence-corrected chi connectivity index (χ3v) is 29.9. The van der Waals surface area contributed by atoms with Gasteiger partial charge in [-0.05, 0) is 160 Å². The average Bonchev–Trinajstić information content (AvgIpc) is 0.785. The predicted octanol–water partition coefficient (Wildman–Crippen LogP) is 4.58. The lowest BCUT2D eigenvalue weighted by molar-refractivity contribution is -0.338. The number of ether oxygens (including phenoxy) is 7. The summed E-state index contributed by atoms with van der Waals surface area (Å²) >= 11 is 14.5. The van der Waals surface area contributed by atoms with Crippen molar-refractivity contribution in [3.05, 3.63) is 146 Å². The van der Waals surface area contributed by atoms with Crippen molar-refractivity contribution in [3.63, 3.8) is 0 Å². The third-order valence-electron chi connectivity index (χ3n) is 25.4. The normalized spacial score (nSPS) is 24.6. The zero-order valence-corrected chi connectivity index (χ0v) is 81.8. The number of Topliss-reactive ketones (excluding diaryl/α,β-unsaturated/α-hetero) is 1. The molecule has 0 radical (unpaired) electrons. The lowest BCUT2D eigenvalue weighted by Crippen LogP contribution is -2.66. The van der Waals surface area contributed by atoms with E-state index in [1.54, 1.807) is 20.8 Å². The molecule has 44 nitrogen and oxygen atoms in total. The standard InChI is InChI=1S/C94H123Cl2N11O33P2/c1-7-8-9-10-11-12-13-14-28-99-29-32-107(31-27-61(110)48-17-22-53(23-18-48)134-34-15-16-71(141(128,129)130)142(131,132)133)94(5)43-70(135-47(4)85(94)119)139-84-82(118)81(117)68(45-109)138-93(84)140-83-66-39-52-40-67(83)137-65-26-21-51(38-58(65)96)79(115)77-91(125)104-75(92(126)127)55-41-63(112)56(44-100-30-33-108)80(116)72(55)54-36-49(19-24-62(54)111)73(88(122)106-77)103-89(123)74(52)102-87(121)60(42-69(97)113)101-90(124)76(105-86(120)59(98-6)35-46(2)3)78(114)50-20-25-64(136-66)57(95)37-50/h17-26,33,36-41,46-47,59-60,68,70-71,73-79,81-82,84-85,93,98-100,109,111-112,114-119H,7-16,27-32,34-35,42-45H2,1-6H3,(H2,97,113)(H,101,124)(H,102,121)(H,103,123)(H,104,125)(H,105,120)(H,106,122)(H,126,127)(H2,128,129,130)(H2,131,132,133). The second-order valence-electron chi connectivity index (χ2n) is 36.2. The number of aldehydes is 1. The summed E-state index contributed by atoms with van der Waals surface area (Å²) in [6, 6.07) is 3.38. The van der Waals surface area contributed by atoms with Gasteiger partial charge >= 0.3 is 21.2 Å². The van der Waals surface area contributed by atoms with E-state index in [2.05, 4.69) is 54.8 Å². The Bertz CT molecular complexity index is 5610. The largest absolute Gasteiger partial charge is 0.507 e. The number of halogens is 2. The summed E-state index contributed by atoms with van der Waals surface area (Å²) in [4.78, 5) is 186. The molecule has 18 atom stereocenters. The number of nitrogens with one attached hydrogen (secondary N) is 9. The van der Waals surface area contributed by atoms with E-state index in [0.717, 1.165) is 118 Å². The number of aliphatic hydroxyl groups is 6. The Labute approximate surface area is 826 Å². The van der Waals surface area contributed by atoms with Crippen LogP contribution in [0.5, 0.6) is 51.7 Å². The Hall–Kier alpha value is -10.6. The summed E-state index contributed by atoms with van der Waals surface area (Å²) in [5.41, 5.74) is 0.791. The molecule has 13 rings (SSSR count). The zero-order valence-electron chi connectivity index (χ0n) is 78.5. The Balaban J connectivity index is 1.06. The SMILES string of the molecule is CCCCCCCCCCNCCN(CCC(=O)c1ccc(OCCCC(P(=O)(O)O)P(=O)(O)O)cc1)C1(C)CC(OC2C(Oc3c4cc5cc3Oc3ccc(cc3Cl)C(O)C3NC(=O)C(NC(=O)C5NC(=O)C(CC(N)=O)NC(=O)C(NC(=O)C(CC(C)C)NC)C(O)c5ccc(c(Cl)c5)O4)c4ccc(O)c(c4)-c4c(cc(O)c(CNCC=O)c4O)C(C(=O)O)NC3=O)OC(CO)C(O)C2O)OC(C)C1O. The Morgan fingerprint density at radius 2 is 1.30 bits per heavy atom. The van der Waals surface area contributed by atoms with Gasteiger partial charge in [-0.15, -0.1) is 0 Å². The number of hydrogen-bond acceptors (Lipinski definition) is 32. The molecule has 0 aliphatic carbocycles. The van der Waals surface area contributed by atoms with E-state index >= 15 is 24.0 Å². The molecule has 6 aromatic carbocycles. The fourth-order valence-electron chi connectivity index (χ4n) is 17.7. The number of carboxylic acid groups (broad SMARTS) is 1. The van der Waals surface area contributed by atoms with Crippen molar-refractivity contribution in [1.82, 2.24) is 52.8 Å². The first kappa shape index (κ1) is 112. The van der Waals surface area contributed by atoms with Crippen LogP contribution in [0.25, 0.3) is 11.1 Å². The molecule has 0 aromatic heterocycles. The molecular weight excluding hydrogens is 1940 g/mol. The first-order valence-corrected chi connectivity index (χ1v) is 50.6. The number of nitrogens with zero attached hydrogens (tertiary/aromatic N) is 1. The highest BCUT2D eigenvalue weighted by molar-refractivity contribution is 7.70. The van der Waals surface area contributed by atoms with E-state index < -0.39 is 293 Å². The maximum Gasteiger partial charge on any atom is 0.340 e. The van der Waals surface area contributed by atoms with Gasteiger partial charge in [-0.25, -0.2) is 4.79 Å². The number of unbranched alkanes of at least 4 members (excludes halogenated alkanes) is 7. The number of rotatable bonds is 41. The van der Waals surface area contributed by atoms with Crippen LogP contribution in [0.4, 0.5) is 0 Å². The summed E-state index contributed by atoms with van der Waals surface area (Å²) < 4.78 is 69.7. The zero-order chi connectivity index (χ0) is 104. The van der Waals surface area contributed by atoms with Gasteiger partial charge in [0.1, 0.15) is 102 Å². The van der Waals surface area contributed by atoms with Gasteiger partial charge in [0.15, 0.2) is 41.1 Å². The number of carboxylic acids is 1. The first-order chi connectivity index (χ1) is 67.3. The molecule has 11 bridgehead atoms. The topological polar surface area (TPSA) is 690 Å². The van der Waals surface area contributed by atoms with Crippen molar-refractivity contribution in [2.45, 2.75) is 246 Å². The molecule has 2 fully saturated rings. The lowest BCUT2D eigenvalue weighted by atomic mass is 9.82. The Morgan fingerprint density at radius 3 is 1.89 bits per heavy atom. The Morgan fingerprint density at radius 1 is 0.683 bits per heavy atom. The van der Waals surface area contributed by atoms with Gasteiger partial charge in [0, 0.05) is 61.3 Å². The van der Waals surface area contributed by atoms with Gasteiger partial charge in [-0.3, -0.25) is 52.4 Å². The molecule has 776 valence electrons. The Kier molecular flexibility index (Phi) is 39.2. The van der Waals surface area contributed by atoms with Gasteiger partial charge in [0.05, 0.1) is 65.6 Å². The highest BCUT2D eigenvalue weighted by atomic mass is 35.5. The summed E-state index contributed by atoms with van der Waals surface area (Å²) in [7, 11) is -8.94. The maximum absolute atomic E-state index is 16.5. The number of aromatic hydroxyl groups is 3. The van der Waals surface area contributed by atoms with E-state index in [-0.39, 0.29) is 86.1 Å². The van der Waals surface area contributed by atoms with Gasteiger partial charge < -0.3 is 162 Å². The monoisotopic (exact) mass is 2070 g/mol. The number of nitrogens with two attached hydrogens (primary N) is 1. The molecular formula is C94H123Cl2N11O33P2. The molecule has 6 aromatic rings. The summed E-state index contributed by atoms with van der Waals surface area (Å²) in [6.07, 6.45) is -12.3. The smallest absolute Gasteiger partial charge is 0.340 e. The number of carbonyl (C=O) groups is 10. The van der Waals surface area contributed by atoms with Gasteiger partial charge in [-0.1, -0.05) is 107 Å². The van der Waals surface area contributed by atoms with E-state index in [4.69, 9.17) is 62.1 Å². The minimum atomic E-state index is -5.20. The fraction of sp³-hybridized carbons (Fsp3) is 0.511. The third kappa shape index (κ3) is 27.7. The van der Waals surface area contributed by atoms with Crippen molar-refractivity contribution in [2.24, 2.45) is 11.7 Å². The van der Waals surface area contributed by atoms with Crippen LogP contribution in [-0.2, 0) is 73.0 Å². The lowest BCUT2D eigenvalue weighted by Gasteiger charge is -2.52. The van der Waals surface area contributed by atoms with Crippen molar-refractivity contribution in [3.8, 4) is 62.9 Å². The number of phenolic OH excluding ortho intramolecular Hbond substituents is 3. The number of ketones is 1. The van der Waals surface area contributed by atoms with E-state index in [1.165, 1.54) is 44.3 Å².